The number of nitrogens with zero attached hydrogens (tertiary/aromatic N) is 2. The van der Waals surface area contributed by atoms with Crippen LogP contribution in [0.3, 0.4) is 0 Å². The summed E-state index contributed by atoms with van der Waals surface area (Å²) >= 11 is 12.3. The molecule has 2 aromatic carbocycles. The summed E-state index contributed by atoms with van der Waals surface area (Å²) in [6.07, 6.45) is 2.09. The van der Waals surface area contributed by atoms with E-state index in [1.54, 1.807) is 42.5 Å². The van der Waals surface area contributed by atoms with Crippen molar-refractivity contribution in [2.24, 2.45) is 5.92 Å². The lowest BCUT2D eigenvalue weighted by Crippen LogP contribution is -2.39. The highest BCUT2D eigenvalue weighted by atomic mass is 35.5. The number of likely N-dealkylation sites (tertiary alicyclic amines) is 1. The molecule has 2 aliphatic heterocycles. The molecule has 1 atom stereocenters. The minimum Gasteiger partial charge on any atom is -0.495 e. The summed E-state index contributed by atoms with van der Waals surface area (Å²) in [6, 6.07) is 11.9. The molecule has 4 rings (SSSR count). The Morgan fingerprint density at radius 1 is 1.03 bits per heavy atom. The Morgan fingerprint density at radius 3 is 2.40 bits per heavy atom. The Morgan fingerprint density at radius 2 is 1.77 bits per heavy atom. The molecule has 0 bridgehead atoms. The Bertz CT molecular complexity index is 1030. The van der Waals surface area contributed by atoms with Gasteiger partial charge in [-0.2, -0.15) is 0 Å². The summed E-state index contributed by atoms with van der Waals surface area (Å²) in [7, 11) is 1.52. The van der Waals surface area contributed by atoms with Crippen LogP contribution in [0, 0.1) is 5.92 Å². The van der Waals surface area contributed by atoms with Gasteiger partial charge in [-0.25, -0.2) is 4.90 Å². The van der Waals surface area contributed by atoms with E-state index in [9.17, 15) is 9.59 Å². The van der Waals surface area contributed by atoms with Crippen molar-refractivity contribution in [1.82, 2.24) is 4.90 Å². The lowest BCUT2D eigenvalue weighted by Gasteiger charge is -2.33. The zero-order chi connectivity index (χ0) is 21.4. The number of carbonyl (C=O) groups is 2. The summed E-state index contributed by atoms with van der Waals surface area (Å²) in [5.41, 5.74) is 1.94. The van der Waals surface area contributed by atoms with Gasteiger partial charge in [-0.15, -0.1) is 0 Å². The van der Waals surface area contributed by atoms with E-state index in [1.165, 1.54) is 12.0 Å². The van der Waals surface area contributed by atoms with Crippen LogP contribution in [-0.4, -0.2) is 36.9 Å². The van der Waals surface area contributed by atoms with Gasteiger partial charge < -0.3 is 9.64 Å². The molecule has 30 heavy (non-hydrogen) atoms. The third kappa shape index (κ3) is 3.68. The third-order valence-corrected chi connectivity index (χ3v) is 6.11. The maximum absolute atomic E-state index is 13.5. The van der Waals surface area contributed by atoms with Gasteiger partial charge in [-0.1, -0.05) is 42.3 Å². The second-order valence-electron chi connectivity index (χ2n) is 7.69. The first kappa shape index (κ1) is 20.8. The predicted molar refractivity (Wildman–Crippen MR) is 119 cm³/mol. The minimum atomic E-state index is -0.364. The molecule has 0 spiro atoms. The minimum absolute atomic E-state index is 0.333. The van der Waals surface area contributed by atoms with Crippen LogP contribution in [0.2, 0.25) is 10.0 Å². The highest BCUT2D eigenvalue weighted by Crippen LogP contribution is 2.38. The number of hydrogen-bond acceptors (Lipinski definition) is 4. The van der Waals surface area contributed by atoms with Crippen LogP contribution < -0.4 is 9.64 Å². The number of methoxy groups -OCH3 is 1. The van der Waals surface area contributed by atoms with Crippen molar-refractivity contribution < 1.29 is 14.3 Å². The van der Waals surface area contributed by atoms with Gasteiger partial charge in [0.05, 0.1) is 23.4 Å². The summed E-state index contributed by atoms with van der Waals surface area (Å²) in [5.74, 6) is 0.234. The van der Waals surface area contributed by atoms with Crippen molar-refractivity contribution in [3.8, 4) is 5.75 Å². The standard InChI is InChI=1S/C23H22Cl2N2O3/c1-14-4-3-11-26(13-14)21-20(15-5-7-16(24)8-6-15)22(28)27(23(21)29)17-9-10-19(30-2)18(25)12-17/h5-10,12,14H,3-4,11,13H2,1-2H3. The van der Waals surface area contributed by atoms with Gasteiger partial charge >= 0.3 is 0 Å². The van der Waals surface area contributed by atoms with Gasteiger partial charge in [0.2, 0.25) is 0 Å². The fourth-order valence-electron chi connectivity index (χ4n) is 4.11. The molecule has 0 saturated carbocycles. The Hall–Kier alpha value is -2.50. The highest BCUT2D eigenvalue weighted by Gasteiger charge is 2.43. The zero-order valence-electron chi connectivity index (χ0n) is 16.8. The average molecular weight is 445 g/mol. The quantitative estimate of drug-likeness (QED) is 0.621. The van der Waals surface area contributed by atoms with Gasteiger partial charge in [0, 0.05) is 18.1 Å². The van der Waals surface area contributed by atoms with Crippen molar-refractivity contribution in [3.05, 3.63) is 63.8 Å². The van der Waals surface area contributed by atoms with Crippen LogP contribution >= 0.6 is 23.2 Å². The van der Waals surface area contributed by atoms with E-state index < -0.39 is 0 Å². The Balaban J connectivity index is 1.81. The number of hydrogen-bond donors (Lipinski definition) is 0. The average Bonchev–Trinajstić information content (AvgIpc) is 2.99. The molecule has 0 aliphatic carbocycles. The lowest BCUT2D eigenvalue weighted by atomic mass is 9.98. The molecule has 2 amide bonds. The van der Waals surface area contributed by atoms with E-state index in [0.717, 1.165) is 25.9 Å². The number of benzene rings is 2. The summed E-state index contributed by atoms with van der Waals surface area (Å²) in [4.78, 5) is 30.3. The maximum Gasteiger partial charge on any atom is 0.282 e. The first-order valence-corrected chi connectivity index (χ1v) is 10.6. The van der Waals surface area contributed by atoms with Crippen LogP contribution in [0.1, 0.15) is 25.3 Å². The van der Waals surface area contributed by atoms with Crippen LogP contribution in [0.4, 0.5) is 5.69 Å². The maximum atomic E-state index is 13.5. The van der Waals surface area contributed by atoms with Gasteiger partial charge in [0.1, 0.15) is 11.4 Å². The number of imide groups is 1. The Kier molecular flexibility index (Phi) is 5.76. The fourth-order valence-corrected chi connectivity index (χ4v) is 4.49. The van der Waals surface area contributed by atoms with Crippen molar-refractivity contribution in [1.29, 1.82) is 0 Å². The molecule has 1 saturated heterocycles. The molecule has 1 fully saturated rings. The van der Waals surface area contributed by atoms with E-state index in [2.05, 4.69) is 6.92 Å². The summed E-state index contributed by atoms with van der Waals surface area (Å²) in [5, 5.41) is 0.909. The molecule has 0 radical (unpaired) electrons. The molecule has 5 nitrogen and oxygen atoms in total. The SMILES string of the molecule is COc1ccc(N2C(=O)C(c3ccc(Cl)cc3)=C(N3CCCC(C)C3)C2=O)cc1Cl. The molecule has 156 valence electrons. The fraction of sp³-hybridized carbons (Fsp3) is 0.304. The number of amides is 2. The van der Waals surface area contributed by atoms with Gasteiger partial charge in [0.25, 0.3) is 11.8 Å². The molecule has 2 aliphatic rings. The van der Waals surface area contributed by atoms with E-state index >= 15 is 0 Å². The number of piperidine rings is 1. The van der Waals surface area contributed by atoms with Gasteiger partial charge in [-0.3, -0.25) is 9.59 Å². The lowest BCUT2D eigenvalue weighted by molar-refractivity contribution is -0.120. The van der Waals surface area contributed by atoms with Crippen LogP contribution in [0.15, 0.2) is 48.2 Å². The van der Waals surface area contributed by atoms with Crippen molar-refractivity contribution in [2.45, 2.75) is 19.8 Å². The van der Waals surface area contributed by atoms with Gasteiger partial charge in [0.15, 0.2) is 0 Å². The van der Waals surface area contributed by atoms with Crippen LogP contribution in [0.5, 0.6) is 5.75 Å². The smallest absolute Gasteiger partial charge is 0.282 e. The van der Waals surface area contributed by atoms with E-state index in [0.29, 0.717) is 44.2 Å². The number of halogens is 2. The van der Waals surface area contributed by atoms with Crippen molar-refractivity contribution in [3.63, 3.8) is 0 Å². The van der Waals surface area contributed by atoms with Crippen LogP contribution in [0.25, 0.3) is 5.57 Å². The molecule has 0 aromatic heterocycles. The van der Waals surface area contributed by atoms with E-state index in [1.807, 2.05) is 4.90 Å². The molecule has 7 heteroatoms. The van der Waals surface area contributed by atoms with Crippen molar-refractivity contribution >= 4 is 46.3 Å². The molecular formula is C23H22Cl2N2O3. The summed E-state index contributed by atoms with van der Waals surface area (Å²) in [6.45, 7) is 3.65. The predicted octanol–water partition coefficient (Wildman–Crippen LogP) is 5.02. The molecular weight excluding hydrogens is 423 g/mol. The monoisotopic (exact) mass is 444 g/mol. The summed E-state index contributed by atoms with van der Waals surface area (Å²) < 4.78 is 5.19. The van der Waals surface area contributed by atoms with E-state index in [-0.39, 0.29) is 11.8 Å². The van der Waals surface area contributed by atoms with E-state index in [4.69, 9.17) is 27.9 Å². The van der Waals surface area contributed by atoms with Crippen molar-refractivity contribution in [2.75, 3.05) is 25.1 Å². The van der Waals surface area contributed by atoms with Crippen LogP contribution in [-0.2, 0) is 9.59 Å². The number of ether oxygens (including phenoxy) is 1. The Labute approximate surface area is 185 Å². The number of rotatable bonds is 4. The highest BCUT2D eigenvalue weighted by molar-refractivity contribution is 6.45. The molecule has 0 N–H and O–H groups in total. The molecule has 2 aromatic rings. The normalized spacial score (nSPS) is 19.7. The van der Waals surface area contributed by atoms with Gasteiger partial charge in [-0.05, 0) is 54.7 Å². The molecule has 2 heterocycles. The number of anilines is 1. The largest absolute Gasteiger partial charge is 0.495 e. The first-order valence-electron chi connectivity index (χ1n) is 9.88. The zero-order valence-corrected chi connectivity index (χ0v) is 18.3. The number of carbonyl (C=O) groups excluding carboxylic acids is 2. The second kappa shape index (κ2) is 8.32. The second-order valence-corrected chi connectivity index (χ2v) is 8.53. The molecule has 1 unspecified atom stereocenters. The topological polar surface area (TPSA) is 49.9 Å². The first-order chi connectivity index (χ1) is 14.4. The third-order valence-electron chi connectivity index (χ3n) is 5.56.